The van der Waals surface area contributed by atoms with Gasteiger partial charge < -0.3 is 14.2 Å². The molecule has 5 aromatic rings. The molecule has 0 spiro atoms. The Hall–Kier alpha value is -4.09. The molecule has 0 aromatic carbocycles. The Bertz CT molecular complexity index is 1510. The summed E-state index contributed by atoms with van der Waals surface area (Å²) in [5.41, 5.74) is 4.23. The summed E-state index contributed by atoms with van der Waals surface area (Å²) in [6, 6.07) is 0. The third kappa shape index (κ3) is 3.09. The SMILES string of the molecule is CCn1ncc(-c2nc3c(OC4CCN(c5ncnc6c5cnn6C)C4)ncnc3n2C)c1C. The zero-order chi connectivity index (χ0) is 23.4. The van der Waals surface area contributed by atoms with Gasteiger partial charge in [0.25, 0.3) is 0 Å². The molecule has 12 heteroatoms. The van der Waals surface area contributed by atoms with Gasteiger partial charge in [0.1, 0.15) is 30.4 Å². The molecule has 0 radical (unpaired) electrons. The highest BCUT2D eigenvalue weighted by Crippen LogP contribution is 2.31. The van der Waals surface area contributed by atoms with Crippen LogP contribution in [0.3, 0.4) is 0 Å². The van der Waals surface area contributed by atoms with Crippen molar-refractivity contribution in [2.24, 2.45) is 14.1 Å². The van der Waals surface area contributed by atoms with Crippen LogP contribution in [0.15, 0.2) is 25.0 Å². The first-order chi connectivity index (χ1) is 16.5. The molecule has 0 amide bonds. The van der Waals surface area contributed by atoms with E-state index < -0.39 is 0 Å². The first-order valence-corrected chi connectivity index (χ1v) is 11.3. The Balaban J connectivity index is 1.29. The summed E-state index contributed by atoms with van der Waals surface area (Å²) in [5, 5.41) is 9.72. The summed E-state index contributed by atoms with van der Waals surface area (Å²) in [6.07, 6.45) is 7.57. The smallest absolute Gasteiger partial charge is 0.245 e. The average molecular weight is 460 g/mol. The van der Waals surface area contributed by atoms with Gasteiger partial charge in [0.15, 0.2) is 16.8 Å². The second-order valence-electron chi connectivity index (χ2n) is 8.48. The lowest BCUT2D eigenvalue weighted by atomic mass is 10.2. The molecule has 6 rings (SSSR count). The fraction of sp³-hybridized carbons (Fsp3) is 0.409. The molecule has 1 aliphatic rings. The maximum Gasteiger partial charge on any atom is 0.245 e. The van der Waals surface area contributed by atoms with Gasteiger partial charge >= 0.3 is 0 Å². The van der Waals surface area contributed by atoms with Gasteiger partial charge in [0.2, 0.25) is 5.88 Å². The minimum absolute atomic E-state index is 0.0465. The second-order valence-corrected chi connectivity index (χ2v) is 8.48. The van der Waals surface area contributed by atoms with Gasteiger partial charge in [-0.3, -0.25) is 9.36 Å². The van der Waals surface area contributed by atoms with Gasteiger partial charge in [-0.15, -0.1) is 0 Å². The quantitative estimate of drug-likeness (QED) is 0.388. The van der Waals surface area contributed by atoms with Gasteiger partial charge in [-0.25, -0.2) is 19.9 Å². The number of fused-ring (bicyclic) bond motifs is 2. The predicted octanol–water partition coefficient (Wildman–Crippen LogP) is 1.89. The largest absolute Gasteiger partial charge is 0.471 e. The Morgan fingerprint density at radius 2 is 1.85 bits per heavy atom. The highest BCUT2D eigenvalue weighted by atomic mass is 16.5. The monoisotopic (exact) mass is 459 g/mol. The van der Waals surface area contributed by atoms with Gasteiger partial charge in [0, 0.05) is 39.3 Å². The van der Waals surface area contributed by atoms with Crippen molar-refractivity contribution >= 4 is 28.0 Å². The highest BCUT2D eigenvalue weighted by Gasteiger charge is 2.29. The normalized spacial score (nSPS) is 16.2. The molecular formula is C22H25N11O. The maximum absolute atomic E-state index is 6.36. The van der Waals surface area contributed by atoms with E-state index in [-0.39, 0.29) is 6.10 Å². The van der Waals surface area contributed by atoms with Crippen molar-refractivity contribution in [1.82, 2.24) is 49.0 Å². The van der Waals surface area contributed by atoms with E-state index in [0.29, 0.717) is 17.9 Å². The van der Waals surface area contributed by atoms with Crippen LogP contribution in [0, 0.1) is 6.92 Å². The van der Waals surface area contributed by atoms with Crippen molar-refractivity contribution in [2.75, 3.05) is 18.0 Å². The van der Waals surface area contributed by atoms with E-state index in [2.05, 4.69) is 42.0 Å². The van der Waals surface area contributed by atoms with E-state index in [0.717, 1.165) is 59.1 Å². The fourth-order valence-corrected chi connectivity index (χ4v) is 4.67. The maximum atomic E-state index is 6.36. The first kappa shape index (κ1) is 20.5. The van der Waals surface area contributed by atoms with Gasteiger partial charge in [-0.1, -0.05) is 0 Å². The Labute approximate surface area is 195 Å². The van der Waals surface area contributed by atoms with Crippen LogP contribution in [0.4, 0.5) is 5.82 Å². The van der Waals surface area contributed by atoms with Gasteiger partial charge in [-0.05, 0) is 13.8 Å². The van der Waals surface area contributed by atoms with E-state index in [9.17, 15) is 0 Å². The summed E-state index contributed by atoms with van der Waals surface area (Å²) < 4.78 is 12.0. The minimum atomic E-state index is -0.0465. The molecule has 1 aliphatic heterocycles. The second kappa shape index (κ2) is 7.75. The number of anilines is 1. The summed E-state index contributed by atoms with van der Waals surface area (Å²) in [7, 11) is 3.83. The fourth-order valence-electron chi connectivity index (χ4n) is 4.67. The van der Waals surface area contributed by atoms with Crippen molar-refractivity contribution < 1.29 is 4.74 Å². The number of aromatic nitrogens is 10. The summed E-state index contributed by atoms with van der Waals surface area (Å²) in [6.45, 7) is 6.44. The molecule has 1 fully saturated rings. The standard InChI is InChI=1S/C22H25N11O/c1-5-33-13(2)15(8-28-33)20-29-17-21(30(20)3)25-12-26-22(17)34-14-6-7-32(10-14)19-16-9-27-31(4)18(16)23-11-24-19/h8-9,11-12,14H,5-7,10H2,1-4H3. The lowest BCUT2D eigenvalue weighted by molar-refractivity contribution is 0.218. The van der Waals surface area contributed by atoms with Gasteiger partial charge in [-0.2, -0.15) is 15.2 Å². The summed E-state index contributed by atoms with van der Waals surface area (Å²) in [5.74, 6) is 2.17. The van der Waals surface area contributed by atoms with Crippen molar-refractivity contribution in [2.45, 2.75) is 32.9 Å². The number of nitrogens with zero attached hydrogens (tertiary/aromatic N) is 11. The highest BCUT2D eigenvalue weighted by molar-refractivity contribution is 5.86. The molecule has 0 bridgehead atoms. The molecule has 12 nitrogen and oxygen atoms in total. The van der Waals surface area contributed by atoms with E-state index in [1.54, 1.807) is 11.0 Å². The average Bonchev–Trinajstić information content (AvgIpc) is 3.62. The van der Waals surface area contributed by atoms with Gasteiger partial charge in [0.05, 0.1) is 29.9 Å². The van der Waals surface area contributed by atoms with E-state index >= 15 is 0 Å². The number of hydrogen-bond donors (Lipinski definition) is 0. The number of rotatable bonds is 5. The van der Waals surface area contributed by atoms with Crippen LogP contribution in [-0.4, -0.2) is 68.2 Å². The molecular weight excluding hydrogens is 434 g/mol. The van der Waals surface area contributed by atoms with Crippen LogP contribution in [0.2, 0.25) is 0 Å². The Kier molecular flexibility index (Phi) is 4.67. The van der Waals surface area contributed by atoms with E-state index in [4.69, 9.17) is 9.72 Å². The summed E-state index contributed by atoms with van der Waals surface area (Å²) in [4.78, 5) is 24.8. The van der Waals surface area contributed by atoms with Crippen molar-refractivity contribution in [3.05, 3.63) is 30.7 Å². The first-order valence-electron chi connectivity index (χ1n) is 11.3. The number of imidazole rings is 1. The van der Waals surface area contributed by atoms with Crippen LogP contribution < -0.4 is 9.64 Å². The third-order valence-corrected chi connectivity index (χ3v) is 6.50. The minimum Gasteiger partial charge on any atom is -0.471 e. The Morgan fingerprint density at radius 3 is 2.68 bits per heavy atom. The molecule has 174 valence electrons. The summed E-state index contributed by atoms with van der Waals surface area (Å²) >= 11 is 0. The zero-order valence-electron chi connectivity index (χ0n) is 19.5. The van der Waals surface area contributed by atoms with Crippen LogP contribution in [0.1, 0.15) is 19.0 Å². The number of ether oxygens (including phenoxy) is 1. The molecule has 0 saturated carbocycles. The topological polar surface area (TPSA) is 117 Å². The van der Waals surface area contributed by atoms with Crippen LogP contribution in [0.25, 0.3) is 33.6 Å². The zero-order valence-corrected chi connectivity index (χ0v) is 19.5. The molecule has 1 saturated heterocycles. The van der Waals surface area contributed by atoms with E-state index in [1.165, 1.54) is 6.33 Å². The van der Waals surface area contributed by atoms with Crippen molar-refractivity contribution in [3.8, 4) is 17.3 Å². The van der Waals surface area contributed by atoms with Crippen LogP contribution in [-0.2, 0) is 20.6 Å². The molecule has 1 unspecified atom stereocenters. The predicted molar refractivity (Wildman–Crippen MR) is 125 cm³/mol. The molecule has 1 atom stereocenters. The van der Waals surface area contributed by atoms with Crippen molar-refractivity contribution in [3.63, 3.8) is 0 Å². The lowest BCUT2D eigenvalue weighted by Crippen LogP contribution is -2.25. The third-order valence-electron chi connectivity index (χ3n) is 6.50. The van der Waals surface area contributed by atoms with E-state index in [1.807, 2.05) is 42.7 Å². The molecule has 34 heavy (non-hydrogen) atoms. The molecule has 5 aromatic heterocycles. The van der Waals surface area contributed by atoms with Crippen molar-refractivity contribution in [1.29, 1.82) is 0 Å². The molecule has 0 aliphatic carbocycles. The van der Waals surface area contributed by atoms with Crippen LogP contribution >= 0.6 is 0 Å². The molecule has 0 N–H and O–H groups in total. The van der Waals surface area contributed by atoms with Crippen LogP contribution in [0.5, 0.6) is 5.88 Å². The lowest BCUT2D eigenvalue weighted by Gasteiger charge is -2.18. The number of hydrogen-bond acceptors (Lipinski definition) is 9. The molecule has 6 heterocycles. The Morgan fingerprint density at radius 1 is 1.03 bits per heavy atom. The number of aryl methyl sites for hydroxylation is 3.